The molecule has 0 atom stereocenters. The number of pyridine rings is 1. The zero-order valence-corrected chi connectivity index (χ0v) is 12.2. The van der Waals surface area contributed by atoms with Crippen LogP contribution >= 0.6 is 0 Å². The molecule has 118 valence electrons. The highest BCUT2D eigenvalue weighted by molar-refractivity contribution is 5.28. The fourth-order valence-corrected chi connectivity index (χ4v) is 2.72. The minimum Gasteiger partial charge on any atom is -0.489 e. The predicted molar refractivity (Wildman–Crippen MR) is 71.9 cm³/mol. The lowest BCUT2D eigenvalue weighted by molar-refractivity contribution is -0.193. The number of aliphatic hydroxyl groups is 1. The van der Waals surface area contributed by atoms with E-state index in [2.05, 4.69) is 4.98 Å². The normalized spacial score (nSPS) is 26.9. The molecule has 1 aromatic rings. The van der Waals surface area contributed by atoms with Crippen LogP contribution in [0.5, 0.6) is 5.75 Å². The van der Waals surface area contributed by atoms with Crippen molar-refractivity contribution in [2.24, 2.45) is 5.92 Å². The molecule has 21 heavy (non-hydrogen) atoms. The van der Waals surface area contributed by atoms with E-state index in [1.807, 2.05) is 13.8 Å². The molecule has 1 fully saturated rings. The van der Waals surface area contributed by atoms with E-state index >= 15 is 0 Å². The molecular weight excluding hydrogens is 283 g/mol. The van der Waals surface area contributed by atoms with E-state index in [1.54, 1.807) is 6.07 Å². The van der Waals surface area contributed by atoms with Gasteiger partial charge in [-0.25, -0.2) is 0 Å². The summed E-state index contributed by atoms with van der Waals surface area (Å²) >= 11 is 0. The van der Waals surface area contributed by atoms with Crippen molar-refractivity contribution in [2.45, 2.75) is 57.4 Å². The van der Waals surface area contributed by atoms with E-state index in [1.165, 1.54) is 12.4 Å². The molecule has 0 unspecified atom stereocenters. The van der Waals surface area contributed by atoms with Crippen molar-refractivity contribution in [3.8, 4) is 5.75 Å². The second-order valence-electron chi connectivity index (χ2n) is 5.92. The molecule has 1 aliphatic carbocycles. The lowest BCUT2D eigenvalue weighted by Gasteiger charge is -2.36. The van der Waals surface area contributed by atoms with Crippen LogP contribution in [0.2, 0.25) is 0 Å². The zero-order valence-electron chi connectivity index (χ0n) is 12.2. The number of alkyl halides is 3. The van der Waals surface area contributed by atoms with Crippen LogP contribution in [0.1, 0.15) is 45.1 Å². The van der Waals surface area contributed by atoms with Crippen molar-refractivity contribution in [1.29, 1.82) is 0 Å². The minimum absolute atomic E-state index is 0.0299. The Morgan fingerprint density at radius 1 is 1.29 bits per heavy atom. The van der Waals surface area contributed by atoms with Crippen molar-refractivity contribution >= 4 is 0 Å². The largest absolute Gasteiger partial charge is 0.489 e. The summed E-state index contributed by atoms with van der Waals surface area (Å²) in [5, 5.41) is 10.6. The van der Waals surface area contributed by atoms with Gasteiger partial charge in [0.05, 0.1) is 23.8 Å². The molecule has 0 bridgehead atoms. The molecule has 1 N–H and O–H groups in total. The highest BCUT2D eigenvalue weighted by Crippen LogP contribution is 2.45. The standard InChI is InChI=1S/C15H20F3NO2/c1-10(2)21-13-7-12(8-19-9-13)14(20)5-3-11(4-6-14)15(16,17)18/h7-11,20H,3-6H2,1-2H3. The Balaban J connectivity index is 2.11. The maximum absolute atomic E-state index is 12.7. The van der Waals surface area contributed by atoms with Gasteiger partial charge in [-0.2, -0.15) is 13.2 Å². The first-order valence-electron chi connectivity index (χ1n) is 7.12. The Kier molecular flexibility index (Phi) is 4.46. The van der Waals surface area contributed by atoms with Gasteiger partial charge < -0.3 is 9.84 Å². The van der Waals surface area contributed by atoms with E-state index in [4.69, 9.17) is 4.74 Å². The van der Waals surface area contributed by atoms with Crippen LogP contribution < -0.4 is 4.74 Å². The Morgan fingerprint density at radius 3 is 2.43 bits per heavy atom. The van der Waals surface area contributed by atoms with Gasteiger partial charge in [0.2, 0.25) is 0 Å². The van der Waals surface area contributed by atoms with Crippen LogP contribution in [0.25, 0.3) is 0 Å². The average Bonchev–Trinajstić information content (AvgIpc) is 2.37. The molecule has 1 heterocycles. The van der Waals surface area contributed by atoms with Gasteiger partial charge in [0, 0.05) is 11.8 Å². The summed E-state index contributed by atoms with van der Waals surface area (Å²) in [6.45, 7) is 3.74. The third kappa shape index (κ3) is 3.87. The maximum atomic E-state index is 12.7. The SMILES string of the molecule is CC(C)Oc1cncc(C2(O)CCC(C(F)(F)F)CC2)c1. The minimum atomic E-state index is -4.18. The van der Waals surface area contributed by atoms with Crippen LogP contribution in [0.15, 0.2) is 18.5 Å². The molecule has 1 aliphatic rings. The third-order valence-corrected chi connectivity index (χ3v) is 3.90. The number of hydrogen-bond acceptors (Lipinski definition) is 3. The van der Waals surface area contributed by atoms with Crippen molar-refractivity contribution in [1.82, 2.24) is 4.98 Å². The molecule has 0 aromatic carbocycles. The van der Waals surface area contributed by atoms with Gasteiger partial charge in [-0.3, -0.25) is 4.98 Å². The van der Waals surface area contributed by atoms with E-state index in [-0.39, 0.29) is 31.8 Å². The number of aromatic nitrogens is 1. The zero-order chi connectivity index (χ0) is 15.7. The maximum Gasteiger partial charge on any atom is 0.391 e. The summed E-state index contributed by atoms with van der Waals surface area (Å²) < 4.78 is 43.6. The molecule has 3 nitrogen and oxygen atoms in total. The number of rotatable bonds is 3. The Bertz CT molecular complexity index is 480. The smallest absolute Gasteiger partial charge is 0.391 e. The first-order chi connectivity index (χ1) is 9.71. The van der Waals surface area contributed by atoms with Gasteiger partial charge in [0.25, 0.3) is 0 Å². The number of hydrogen-bond donors (Lipinski definition) is 1. The fourth-order valence-electron chi connectivity index (χ4n) is 2.72. The number of nitrogens with zero attached hydrogens (tertiary/aromatic N) is 1. The number of halogens is 3. The van der Waals surface area contributed by atoms with Gasteiger partial charge in [0.1, 0.15) is 5.75 Å². The highest BCUT2D eigenvalue weighted by atomic mass is 19.4. The van der Waals surface area contributed by atoms with Crippen molar-refractivity contribution in [2.75, 3.05) is 0 Å². The van der Waals surface area contributed by atoms with Gasteiger partial charge in [-0.15, -0.1) is 0 Å². The molecule has 1 saturated carbocycles. The van der Waals surface area contributed by atoms with Crippen LogP contribution in [0.4, 0.5) is 13.2 Å². The summed E-state index contributed by atoms with van der Waals surface area (Å²) in [7, 11) is 0. The summed E-state index contributed by atoms with van der Waals surface area (Å²) in [6, 6.07) is 1.67. The third-order valence-electron chi connectivity index (χ3n) is 3.90. The topological polar surface area (TPSA) is 42.4 Å². The van der Waals surface area contributed by atoms with Crippen LogP contribution in [-0.2, 0) is 5.60 Å². The lowest BCUT2D eigenvalue weighted by Crippen LogP contribution is -2.36. The Labute approximate surface area is 122 Å². The van der Waals surface area contributed by atoms with Crippen molar-refractivity contribution < 1.29 is 23.0 Å². The van der Waals surface area contributed by atoms with Crippen LogP contribution in [-0.4, -0.2) is 22.4 Å². The summed E-state index contributed by atoms with van der Waals surface area (Å²) in [4.78, 5) is 4.02. The average molecular weight is 303 g/mol. The van der Waals surface area contributed by atoms with Crippen molar-refractivity contribution in [3.05, 3.63) is 24.0 Å². The lowest BCUT2D eigenvalue weighted by atomic mass is 9.75. The molecule has 0 aliphatic heterocycles. The van der Waals surface area contributed by atoms with Gasteiger partial charge >= 0.3 is 6.18 Å². The second kappa shape index (κ2) is 5.83. The fraction of sp³-hybridized carbons (Fsp3) is 0.667. The first-order valence-corrected chi connectivity index (χ1v) is 7.12. The van der Waals surface area contributed by atoms with E-state index < -0.39 is 17.7 Å². The summed E-state index contributed by atoms with van der Waals surface area (Å²) in [5.41, 5.74) is -0.716. The molecule has 2 rings (SSSR count). The Morgan fingerprint density at radius 2 is 1.90 bits per heavy atom. The molecule has 0 radical (unpaired) electrons. The van der Waals surface area contributed by atoms with Gasteiger partial charge in [0.15, 0.2) is 0 Å². The van der Waals surface area contributed by atoms with Crippen molar-refractivity contribution in [3.63, 3.8) is 0 Å². The quantitative estimate of drug-likeness (QED) is 0.923. The molecule has 1 aromatic heterocycles. The molecule has 0 spiro atoms. The molecular formula is C15H20F3NO2. The van der Waals surface area contributed by atoms with E-state index in [0.717, 1.165) is 0 Å². The van der Waals surface area contributed by atoms with Gasteiger partial charge in [-0.1, -0.05) is 0 Å². The monoisotopic (exact) mass is 303 g/mol. The second-order valence-corrected chi connectivity index (χ2v) is 5.92. The number of ether oxygens (including phenoxy) is 1. The molecule has 0 saturated heterocycles. The first kappa shape index (κ1) is 16.1. The van der Waals surface area contributed by atoms with Crippen LogP contribution in [0, 0.1) is 5.92 Å². The molecule has 6 heteroatoms. The highest BCUT2D eigenvalue weighted by Gasteiger charge is 2.45. The predicted octanol–water partition coefficient (Wildman–Crippen LogP) is 3.81. The van der Waals surface area contributed by atoms with E-state index in [9.17, 15) is 18.3 Å². The van der Waals surface area contributed by atoms with Crippen LogP contribution in [0.3, 0.4) is 0 Å². The van der Waals surface area contributed by atoms with Gasteiger partial charge in [-0.05, 0) is 45.6 Å². The molecule has 0 amide bonds. The summed E-state index contributed by atoms with van der Waals surface area (Å²) in [5.74, 6) is -0.797. The summed E-state index contributed by atoms with van der Waals surface area (Å²) in [6.07, 6.45) is -1.12. The van der Waals surface area contributed by atoms with E-state index in [0.29, 0.717) is 11.3 Å². The Hall–Kier alpha value is -1.30.